The van der Waals surface area contributed by atoms with Crippen molar-refractivity contribution in [2.75, 3.05) is 4.90 Å². The van der Waals surface area contributed by atoms with Gasteiger partial charge in [0.25, 0.3) is 5.91 Å². The molecule has 0 radical (unpaired) electrons. The first-order chi connectivity index (χ1) is 16.1. The Labute approximate surface area is 195 Å². The number of fused-ring (bicyclic) bond motifs is 1. The summed E-state index contributed by atoms with van der Waals surface area (Å²) in [7, 11) is 0. The Morgan fingerprint density at radius 1 is 0.909 bits per heavy atom. The highest BCUT2D eigenvalue weighted by molar-refractivity contribution is 7.80. The second-order valence-corrected chi connectivity index (χ2v) is 7.89. The Hall–Kier alpha value is -4.23. The van der Waals surface area contributed by atoms with Crippen molar-refractivity contribution < 1.29 is 15.0 Å². The fraction of sp³-hybridized carbons (Fsp3) is 0.0385. The third-order valence-corrected chi connectivity index (χ3v) is 5.82. The molecule has 1 aromatic heterocycles. The lowest BCUT2D eigenvalue weighted by atomic mass is 10.1. The molecule has 6 nitrogen and oxygen atoms in total. The fourth-order valence-electron chi connectivity index (χ4n) is 3.97. The van der Waals surface area contributed by atoms with E-state index in [-0.39, 0.29) is 16.6 Å². The van der Waals surface area contributed by atoms with Gasteiger partial charge in [0, 0.05) is 11.1 Å². The Kier molecular flexibility index (Phi) is 5.24. The van der Waals surface area contributed by atoms with Crippen molar-refractivity contribution in [2.45, 2.75) is 6.04 Å². The number of hydrogen-bond acceptors (Lipinski definition) is 4. The van der Waals surface area contributed by atoms with Crippen LogP contribution in [0.5, 0.6) is 11.6 Å². The SMILES string of the molecule is O=C(C1=NC(=S)N(c2ccccc2)C1/C=C/c1ccccc1)n1c(O)c(O)c2ccccc21. The van der Waals surface area contributed by atoms with Gasteiger partial charge in [-0.15, -0.1) is 0 Å². The maximum absolute atomic E-state index is 13.7. The summed E-state index contributed by atoms with van der Waals surface area (Å²) in [5.41, 5.74) is 2.28. The highest BCUT2D eigenvalue weighted by atomic mass is 32.1. The maximum Gasteiger partial charge on any atom is 0.282 e. The number of carbonyl (C=O) groups is 1. The van der Waals surface area contributed by atoms with E-state index < -0.39 is 17.8 Å². The van der Waals surface area contributed by atoms with Crippen molar-refractivity contribution in [1.29, 1.82) is 0 Å². The molecular formula is C26H19N3O3S. The van der Waals surface area contributed by atoms with Crippen molar-refractivity contribution in [1.82, 2.24) is 4.57 Å². The third-order valence-electron chi connectivity index (χ3n) is 5.53. The molecule has 2 heterocycles. The van der Waals surface area contributed by atoms with E-state index in [0.717, 1.165) is 15.8 Å². The van der Waals surface area contributed by atoms with Crippen molar-refractivity contribution in [3.63, 3.8) is 0 Å². The first-order valence-electron chi connectivity index (χ1n) is 10.3. The van der Waals surface area contributed by atoms with Crippen LogP contribution in [0.25, 0.3) is 17.0 Å². The van der Waals surface area contributed by atoms with E-state index >= 15 is 0 Å². The van der Waals surface area contributed by atoms with Crippen LogP contribution in [-0.2, 0) is 0 Å². The van der Waals surface area contributed by atoms with E-state index in [1.807, 2.05) is 72.8 Å². The predicted octanol–water partition coefficient (Wildman–Crippen LogP) is 5.02. The number of benzene rings is 3. The Balaban J connectivity index is 1.62. The average molecular weight is 454 g/mol. The molecule has 0 aliphatic carbocycles. The van der Waals surface area contributed by atoms with Gasteiger partial charge in [0.15, 0.2) is 5.75 Å². The number of para-hydroxylation sites is 2. The summed E-state index contributed by atoms with van der Waals surface area (Å²) in [6.45, 7) is 0. The van der Waals surface area contributed by atoms with Gasteiger partial charge in [-0.1, -0.05) is 72.8 Å². The molecule has 162 valence electrons. The number of aliphatic imine (C=N–C) groups is 1. The van der Waals surface area contributed by atoms with Crippen LogP contribution in [0.2, 0.25) is 0 Å². The molecule has 7 heteroatoms. The van der Waals surface area contributed by atoms with Gasteiger partial charge < -0.3 is 15.1 Å². The number of thiocarbonyl (C=S) groups is 1. The number of carbonyl (C=O) groups excluding carboxylic acids is 1. The summed E-state index contributed by atoms with van der Waals surface area (Å²) >= 11 is 5.54. The number of aromatic hydroxyl groups is 2. The zero-order chi connectivity index (χ0) is 22.9. The highest BCUT2D eigenvalue weighted by Gasteiger charge is 2.38. The van der Waals surface area contributed by atoms with Gasteiger partial charge in [0.1, 0.15) is 11.8 Å². The molecule has 33 heavy (non-hydrogen) atoms. The minimum atomic E-state index is -0.602. The standard InChI is InChI=1S/C26H19N3O3S/c30-23-19-13-7-8-14-20(19)29(25(23)32)24(31)22-21(16-15-17-9-3-1-4-10-17)28(26(33)27-22)18-11-5-2-6-12-18/h1-16,21,30,32H/b16-15+. The minimum absolute atomic E-state index is 0.145. The Morgan fingerprint density at radius 3 is 2.27 bits per heavy atom. The van der Waals surface area contributed by atoms with E-state index in [1.54, 1.807) is 29.2 Å². The first kappa shape index (κ1) is 20.7. The lowest BCUT2D eigenvalue weighted by molar-refractivity contribution is 0.0983. The summed E-state index contributed by atoms with van der Waals surface area (Å²) in [4.78, 5) is 19.9. The maximum atomic E-state index is 13.7. The van der Waals surface area contributed by atoms with E-state index in [9.17, 15) is 15.0 Å². The normalized spacial score (nSPS) is 16.0. The van der Waals surface area contributed by atoms with Crippen molar-refractivity contribution >= 4 is 51.6 Å². The van der Waals surface area contributed by atoms with Gasteiger partial charge in [-0.25, -0.2) is 9.56 Å². The number of nitrogens with zero attached hydrogens (tertiary/aromatic N) is 3. The molecule has 0 amide bonds. The van der Waals surface area contributed by atoms with Crippen LogP contribution in [-0.4, -0.2) is 37.6 Å². The van der Waals surface area contributed by atoms with Gasteiger partial charge in [-0.2, -0.15) is 0 Å². The molecular weight excluding hydrogens is 434 g/mol. The topological polar surface area (TPSA) is 78.1 Å². The quantitative estimate of drug-likeness (QED) is 0.424. The molecule has 0 saturated heterocycles. The number of aromatic nitrogens is 1. The molecule has 5 rings (SSSR count). The van der Waals surface area contributed by atoms with Crippen LogP contribution < -0.4 is 4.90 Å². The molecule has 1 aliphatic heterocycles. The van der Waals surface area contributed by atoms with Crippen molar-refractivity contribution in [3.8, 4) is 11.6 Å². The predicted molar refractivity (Wildman–Crippen MR) is 134 cm³/mol. The third kappa shape index (κ3) is 3.58. The van der Waals surface area contributed by atoms with Crippen LogP contribution in [0.4, 0.5) is 5.69 Å². The van der Waals surface area contributed by atoms with Crippen LogP contribution >= 0.6 is 12.2 Å². The van der Waals surface area contributed by atoms with Crippen molar-refractivity contribution in [3.05, 3.63) is 96.6 Å². The van der Waals surface area contributed by atoms with E-state index in [2.05, 4.69) is 4.99 Å². The summed E-state index contributed by atoms with van der Waals surface area (Å²) in [5, 5.41) is 21.5. The van der Waals surface area contributed by atoms with Crippen LogP contribution in [0.1, 0.15) is 10.4 Å². The lowest BCUT2D eigenvalue weighted by Gasteiger charge is -2.24. The molecule has 3 aromatic carbocycles. The van der Waals surface area contributed by atoms with Gasteiger partial charge >= 0.3 is 0 Å². The summed E-state index contributed by atoms with van der Waals surface area (Å²) in [6, 6.07) is 25.3. The molecule has 0 spiro atoms. The molecule has 0 saturated carbocycles. The summed E-state index contributed by atoms with van der Waals surface area (Å²) in [5.74, 6) is -1.44. The summed E-state index contributed by atoms with van der Waals surface area (Å²) in [6.07, 6.45) is 3.77. The second kappa shape index (κ2) is 8.37. The van der Waals surface area contributed by atoms with Gasteiger partial charge in [-0.05, 0) is 42.0 Å². The molecule has 1 atom stereocenters. The minimum Gasteiger partial charge on any atom is -0.503 e. The Morgan fingerprint density at radius 2 is 1.55 bits per heavy atom. The smallest absolute Gasteiger partial charge is 0.282 e. The second-order valence-electron chi connectivity index (χ2n) is 7.53. The molecule has 4 aromatic rings. The Bertz CT molecular complexity index is 1430. The molecule has 0 fully saturated rings. The molecule has 1 unspecified atom stereocenters. The van der Waals surface area contributed by atoms with Crippen molar-refractivity contribution in [2.24, 2.45) is 4.99 Å². The highest BCUT2D eigenvalue weighted by Crippen LogP contribution is 2.37. The average Bonchev–Trinajstić information content (AvgIpc) is 3.32. The largest absolute Gasteiger partial charge is 0.503 e. The van der Waals surface area contributed by atoms with Crippen LogP contribution in [0, 0.1) is 0 Å². The first-order valence-corrected chi connectivity index (χ1v) is 10.7. The van der Waals surface area contributed by atoms with Gasteiger partial charge in [-0.3, -0.25) is 4.79 Å². The zero-order valence-corrected chi connectivity index (χ0v) is 18.2. The number of anilines is 1. The lowest BCUT2D eigenvalue weighted by Crippen LogP contribution is -2.40. The van der Waals surface area contributed by atoms with E-state index in [1.165, 1.54) is 0 Å². The molecule has 2 N–H and O–H groups in total. The monoisotopic (exact) mass is 453 g/mol. The van der Waals surface area contributed by atoms with Crippen LogP contribution in [0.3, 0.4) is 0 Å². The number of rotatable bonds is 4. The van der Waals surface area contributed by atoms with Gasteiger partial charge in [0.2, 0.25) is 11.0 Å². The van der Waals surface area contributed by atoms with Gasteiger partial charge in [0.05, 0.1) is 5.52 Å². The number of hydrogen-bond donors (Lipinski definition) is 2. The zero-order valence-electron chi connectivity index (χ0n) is 17.4. The molecule has 0 bridgehead atoms. The van der Waals surface area contributed by atoms with E-state index in [0.29, 0.717) is 10.9 Å². The van der Waals surface area contributed by atoms with E-state index in [4.69, 9.17) is 12.2 Å². The fourth-order valence-corrected chi connectivity index (χ4v) is 4.29. The van der Waals surface area contributed by atoms with Crippen LogP contribution in [0.15, 0.2) is 96.0 Å². The molecule has 1 aliphatic rings. The summed E-state index contributed by atoms with van der Waals surface area (Å²) < 4.78 is 1.07.